The van der Waals surface area contributed by atoms with E-state index in [0.29, 0.717) is 28.6 Å². The molecule has 0 saturated heterocycles. The Labute approximate surface area is 163 Å². The Balaban J connectivity index is 1.25. The lowest BCUT2D eigenvalue weighted by Crippen LogP contribution is -2.32. The lowest BCUT2D eigenvalue weighted by molar-refractivity contribution is 0.0939. The molecule has 3 heterocycles. The van der Waals surface area contributed by atoms with Crippen LogP contribution in [-0.4, -0.2) is 35.3 Å². The molecule has 1 aromatic carbocycles. The molecule has 1 aliphatic rings. The Morgan fingerprint density at radius 3 is 2.93 bits per heavy atom. The topological polar surface area (TPSA) is 101 Å². The lowest BCUT2D eigenvalue weighted by atomic mass is 9.82. The first-order valence-electron chi connectivity index (χ1n) is 9.18. The zero-order valence-electron chi connectivity index (χ0n) is 15.5. The highest BCUT2D eigenvalue weighted by Gasteiger charge is 2.35. The molecule has 0 aliphatic heterocycles. The molecule has 5 rings (SSSR count). The maximum Gasteiger partial charge on any atom is 0.280 e. The first-order chi connectivity index (χ1) is 14.1. The van der Waals surface area contributed by atoms with E-state index >= 15 is 0 Å². The highest BCUT2D eigenvalue weighted by molar-refractivity contribution is 5.68. The molecule has 3 aromatic heterocycles. The summed E-state index contributed by atoms with van der Waals surface area (Å²) in [6, 6.07) is 6.09. The smallest absolute Gasteiger partial charge is 0.280 e. The number of halogens is 1. The number of rotatable bonds is 5. The molecule has 29 heavy (non-hydrogen) atoms. The third-order valence-corrected chi connectivity index (χ3v) is 5.05. The van der Waals surface area contributed by atoms with Crippen molar-refractivity contribution in [3.8, 4) is 5.75 Å². The number of imidazole rings is 1. The summed E-state index contributed by atoms with van der Waals surface area (Å²) in [6.07, 6.45) is 4.40. The van der Waals surface area contributed by atoms with E-state index in [1.165, 1.54) is 23.0 Å². The van der Waals surface area contributed by atoms with Crippen LogP contribution in [0.5, 0.6) is 5.75 Å². The van der Waals surface area contributed by atoms with Gasteiger partial charge in [0.1, 0.15) is 30.5 Å². The molecule has 10 heteroatoms. The molecular formula is C19H17FN6O3. The van der Waals surface area contributed by atoms with Crippen molar-refractivity contribution in [1.82, 2.24) is 29.2 Å². The van der Waals surface area contributed by atoms with Crippen LogP contribution in [0.4, 0.5) is 4.39 Å². The molecule has 9 nitrogen and oxygen atoms in total. The predicted molar refractivity (Wildman–Crippen MR) is 99.0 cm³/mol. The van der Waals surface area contributed by atoms with E-state index < -0.39 is 0 Å². The summed E-state index contributed by atoms with van der Waals surface area (Å²) in [5.41, 5.74) is 0.601. The molecule has 0 unspecified atom stereocenters. The van der Waals surface area contributed by atoms with Crippen LogP contribution in [0, 0.1) is 5.82 Å². The average molecular weight is 396 g/mol. The summed E-state index contributed by atoms with van der Waals surface area (Å²) in [5.74, 6) is 1.22. The number of benzene rings is 1. The molecule has 0 atom stereocenters. The van der Waals surface area contributed by atoms with E-state index in [1.807, 2.05) is 0 Å². The van der Waals surface area contributed by atoms with Crippen LogP contribution in [0.3, 0.4) is 0 Å². The van der Waals surface area contributed by atoms with Gasteiger partial charge in [-0.3, -0.25) is 9.36 Å². The summed E-state index contributed by atoms with van der Waals surface area (Å²) >= 11 is 0. The Kier molecular flexibility index (Phi) is 4.11. The first kappa shape index (κ1) is 17.5. The van der Waals surface area contributed by atoms with Gasteiger partial charge in [-0.25, -0.2) is 14.4 Å². The fourth-order valence-electron chi connectivity index (χ4n) is 3.43. The third-order valence-electron chi connectivity index (χ3n) is 5.05. The predicted octanol–water partition coefficient (Wildman–Crippen LogP) is 2.03. The molecule has 0 spiro atoms. The minimum absolute atomic E-state index is 0.0113. The van der Waals surface area contributed by atoms with Crippen LogP contribution in [0.25, 0.3) is 11.2 Å². The third kappa shape index (κ3) is 3.26. The maximum absolute atomic E-state index is 13.2. The van der Waals surface area contributed by atoms with E-state index in [9.17, 15) is 9.18 Å². The fraction of sp³-hybridized carbons (Fsp3) is 0.316. The van der Waals surface area contributed by atoms with Gasteiger partial charge in [-0.15, -0.1) is 0 Å². The quantitative estimate of drug-likeness (QED) is 0.509. The molecular weight excluding hydrogens is 379 g/mol. The van der Waals surface area contributed by atoms with Gasteiger partial charge < -0.3 is 13.8 Å². The summed E-state index contributed by atoms with van der Waals surface area (Å²) in [6.45, 7) is 0.135. The Bertz CT molecular complexity index is 1240. The summed E-state index contributed by atoms with van der Waals surface area (Å²) in [5, 5.41) is 4.03. The van der Waals surface area contributed by atoms with E-state index in [0.717, 1.165) is 12.8 Å². The minimum atomic E-state index is -0.324. The lowest BCUT2D eigenvalue weighted by Gasteiger charge is -2.33. The van der Waals surface area contributed by atoms with Gasteiger partial charge in [-0.1, -0.05) is 11.2 Å². The zero-order chi connectivity index (χ0) is 20.0. The van der Waals surface area contributed by atoms with Gasteiger partial charge in [-0.2, -0.15) is 4.98 Å². The van der Waals surface area contributed by atoms with Crippen LogP contribution >= 0.6 is 0 Å². The second-order valence-corrected chi connectivity index (χ2v) is 7.12. The molecule has 1 aliphatic carbocycles. The first-order valence-corrected chi connectivity index (χ1v) is 9.18. The number of hydrogen-bond acceptors (Lipinski definition) is 7. The summed E-state index contributed by atoms with van der Waals surface area (Å²) in [7, 11) is 1.74. The van der Waals surface area contributed by atoms with Gasteiger partial charge in [-0.05, 0) is 25.0 Å². The second kappa shape index (κ2) is 6.80. The number of nitrogens with zero attached hydrogens (tertiary/aromatic N) is 6. The molecule has 1 fully saturated rings. The van der Waals surface area contributed by atoms with Crippen molar-refractivity contribution in [3.63, 3.8) is 0 Å². The van der Waals surface area contributed by atoms with E-state index in [4.69, 9.17) is 9.26 Å². The van der Waals surface area contributed by atoms with Crippen LogP contribution in [0.2, 0.25) is 0 Å². The Hall–Kier alpha value is -3.56. The highest BCUT2D eigenvalue weighted by Crippen LogP contribution is 2.37. The zero-order valence-corrected chi connectivity index (χ0v) is 15.5. The van der Waals surface area contributed by atoms with E-state index in [-0.39, 0.29) is 29.9 Å². The SMILES string of the molecule is Cn1cnc2ncn(Cc3nc([C@H]4C[C@H](Oc5cccc(F)c5)C4)no3)c(=O)c21. The number of fused-ring (bicyclic) bond motifs is 1. The van der Waals surface area contributed by atoms with Gasteiger partial charge in [0.25, 0.3) is 5.56 Å². The second-order valence-electron chi connectivity index (χ2n) is 7.12. The summed E-state index contributed by atoms with van der Waals surface area (Å²) in [4.78, 5) is 25.3. The number of aromatic nitrogens is 6. The Morgan fingerprint density at radius 1 is 1.28 bits per heavy atom. The van der Waals surface area contributed by atoms with Crippen LogP contribution < -0.4 is 10.3 Å². The molecule has 4 aromatic rings. The van der Waals surface area contributed by atoms with Crippen molar-refractivity contribution < 1.29 is 13.7 Å². The van der Waals surface area contributed by atoms with Crippen molar-refractivity contribution in [2.24, 2.45) is 7.05 Å². The van der Waals surface area contributed by atoms with Gasteiger partial charge in [0.2, 0.25) is 5.89 Å². The van der Waals surface area contributed by atoms with E-state index in [2.05, 4.69) is 20.1 Å². The average Bonchev–Trinajstić information content (AvgIpc) is 3.27. The van der Waals surface area contributed by atoms with Crippen molar-refractivity contribution in [3.05, 3.63) is 64.8 Å². The molecule has 0 N–H and O–H groups in total. The largest absolute Gasteiger partial charge is 0.490 e. The summed E-state index contributed by atoms with van der Waals surface area (Å²) < 4.78 is 27.4. The molecule has 0 bridgehead atoms. The fourth-order valence-corrected chi connectivity index (χ4v) is 3.43. The highest BCUT2D eigenvalue weighted by atomic mass is 19.1. The van der Waals surface area contributed by atoms with Crippen LogP contribution in [0.1, 0.15) is 30.5 Å². The van der Waals surface area contributed by atoms with Crippen molar-refractivity contribution in [2.45, 2.75) is 31.4 Å². The van der Waals surface area contributed by atoms with Gasteiger partial charge in [0, 0.05) is 19.0 Å². The van der Waals surface area contributed by atoms with Crippen molar-refractivity contribution >= 4 is 11.2 Å². The van der Waals surface area contributed by atoms with Crippen molar-refractivity contribution in [1.29, 1.82) is 0 Å². The van der Waals surface area contributed by atoms with Crippen LogP contribution in [0.15, 0.2) is 46.2 Å². The van der Waals surface area contributed by atoms with E-state index in [1.54, 1.807) is 30.1 Å². The number of aryl methyl sites for hydroxylation is 1. The maximum atomic E-state index is 13.2. The normalized spacial score (nSPS) is 18.7. The van der Waals surface area contributed by atoms with Crippen molar-refractivity contribution in [2.75, 3.05) is 0 Å². The number of hydrogen-bond donors (Lipinski definition) is 0. The van der Waals surface area contributed by atoms with Gasteiger partial charge >= 0.3 is 0 Å². The van der Waals surface area contributed by atoms with Crippen LogP contribution in [-0.2, 0) is 13.6 Å². The number of ether oxygens (including phenoxy) is 1. The standard InChI is InChI=1S/C19H17FN6O3/c1-25-9-21-18-16(25)19(27)26(10-22-18)8-15-23-17(24-29-15)11-5-14(6-11)28-13-4-2-3-12(20)7-13/h2-4,7,9-11,14H,5-6,8H2,1H3/t11-,14-. The van der Waals surface area contributed by atoms with Gasteiger partial charge in [0.15, 0.2) is 17.0 Å². The Morgan fingerprint density at radius 2 is 2.10 bits per heavy atom. The monoisotopic (exact) mass is 396 g/mol. The van der Waals surface area contributed by atoms with Gasteiger partial charge in [0.05, 0.1) is 6.33 Å². The molecule has 0 radical (unpaired) electrons. The minimum Gasteiger partial charge on any atom is -0.490 e. The molecule has 148 valence electrons. The molecule has 0 amide bonds. The molecule has 1 saturated carbocycles.